The molecule has 4 heteroatoms. The Morgan fingerprint density at radius 1 is 0.333 bits per heavy atom. The molecule has 0 bridgehead atoms. The lowest BCUT2D eigenvalue weighted by molar-refractivity contribution is 0.669. The molecule has 0 N–H and O–H groups in total. The van der Waals surface area contributed by atoms with Gasteiger partial charge in [0.15, 0.2) is 5.82 Å². The zero-order valence-electron chi connectivity index (χ0n) is 32.3. The molecule has 13 rings (SSSR count). The van der Waals surface area contributed by atoms with Crippen molar-refractivity contribution >= 4 is 76.2 Å². The second-order valence-electron chi connectivity index (χ2n) is 15.7. The van der Waals surface area contributed by atoms with Crippen LogP contribution in [0.1, 0.15) is 0 Å². The maximum absolute atomic E-state index is 6.33. The molecule has 3 aromatic heterocycles. The Morgan fingerprint density at radius 3 is 1.60 bits per heavy atom. The van der Waals surface area contributed by atoms with Gasteiger partial charge >= 0.3 is 0 Å². The van der Waals surface area contributed by atoms with Crippen molar-refractivity contribution in [2.24, 2.45) is 0 Å². The first-order chi connectivity index (χ1) is 29.7. The van der Waals surface area contributed by atoms with E-state index in [9.17, 15) is 0 Å². The molecule has 13 aromatic rings. The second kappa shape index (κ2) is 12.7. The molecule has 0 aliphatic heterocycles. The van der Waals surface area contributed by atoms with Crippen molar-refractivity contribution in [3.05, 3.63) is 200 Å². The van der Waals surface area contributed by atoms with Crippen LogP contribution in [0.2, 0.25) is 0 Å². The number of benzene rings is 10. The van der Waals surface area contributed by atoms with Crippen LogP contribution in [0, 0.1) is 0 Å². The molecule has 0 saturated carbocycles. The quantitative estimate of drug-likeness (QED) is 0.164. The maximum atomic E-state index is 6.33. The molecule has 0 saturated heterocycles. The zero-order valence-corrected chi connectivity index (χ0v) is 32.3. The van der Waals surface area contributed by atoms with E-state index in [0.717, 1.165) is 66.6 Å². The molecule has 4 nitrogen and oxygen atoms in total. The summed E-state index contributed by atoms with van der Waals surface area (Å²) in [6.45, 7) is 0. The van der Waals surface area contributed by atoms with Crippen molar-refractivity contribution in [2.75, 3.05) is 0 Å². The minimum Gasteiger partial charge on any atom is -0.456 e. The third kappa shape index (κ3) is 4.91. The third-order valence-electron chi connectivity index (χ3n) is 12.4. The largest absolute Gasteiger partial charge is 0.456 e. The lowest BCUT2D eigenvalue weighted by atomic mass is 9.92. The maximum Gasteiger partial charge on any atom is 0.160 e. The average Bonchev–Trinajstić information content (AvgIpc) is 3.87. The molecule has 0 unspecified atom stereocenters. The highest BCUT2D eigenvalue weighted by Gasteiger charge is 2.20. The van der Waals surface area contributed by atoms with Gasteiger partial charge in [0.05, 0.1) is 22.2 Å². The number of para-hydroxylation sites is 2. The number of rotatable bonds is 5. The highest BCUT2D eigenvalue weighted by molar-refractivity contribution is 6.33. The Hall–Kier alpha value is -8.08. The van der Waals surface area contributed by atoms with Crippen LogP contribution in [0.25, 0.3) is 127 Å². The highest BCUT2D eigenvalue weighted by Crippen LogP contribution is 2.44. The average molecular weight is 764 g/mol. The number of furan rings is 1. The van der Waals surface area contributed by atoms with E-state index in [1.807, 2.05) is 6.07 Å². The van der Waals surface area contributed by atoms with Crippen LogP contribution in [0.15, 0.2) is 205 Å². The molecule has 60 heavy (non-hydrogen) atoms. The number of fused-ring (bicyclic) bond motifs is 7. The fourth-order valence-corrected chi connectivity index (χ4v) is 9.57. The van der Waals surface area contributed by atoms with Crippen molar-refractivity contribution in [1.29, 1.82) is 0 Å². The van der Waals surface area contributed by atoms with Crippen LogP contribution >= 0.6 is 0 Å². The fraction of sp³-hybridized carbons (Fsp3) is 0. The first-order valence-corrected chi connectivity index (χ1v) is 20.4. The Kier molecular flexibility index (Phi) is 6.98. The van der Waals surface area contributed by atoms with E-state index >= 15 is 0 Å². The van der Waals surface area contributed by atoms with Crippen molar-refractivity contribution in [3.63, 3.8) is 0 Å². The standard InChI is InChI=1S/C56H33N3O/c1-3-11-34(12-4-1)35-21-23-36(24-22-35)55-44-15-7-8-18-48(44)57-56(58-55)39-27-30-50-47(33-39)46-32-38(26-29-49(46)59(50)40-13-5-2-6-14-40)37-25-28-41-42-16-9-19-51-53(42)54-43(45(41)31-37)17-10-20-52(54)60-51/h1-33H. The monoisotopic (exact) mass is 763 g/mol. The van der Waals surface area contributed by atoms with Crippen LogP contribution < -0.4 is 0 Å². The normalized spacial score (nSPS) is 12.0. The van der Waals surface area contributed by atoms with E-state index in [0.29, 0.717) is 5.82 Å². The van der Waals surface area contributed by atoms with Crippen molar-refractivity contribution < 1.29 is 4.42 Å². The van der Waals surface area contributed by atoms with Gasteiger partial charge in [0.1, 0.15) is 11.2 Å². The zero-order chi connectivity index (χ0) is 39.3. The van der Waals surface area contributed by atoms with Gasteiger partial charge in [-0.25, -0.2) is 9.97 Å². The van der Waals surface area contributed by atoms with Crippen LogP contribution in [-0.4, -0.2) is 14.5 Å². The van der Waals surface area contributed by atoms with E-state index in [2.05, 4.69) is 199 Å². The summed E-state index contributed by atoms with van der Waals surface area (Å²) in [5, 5.41) is 10.7. The summed E-state index contributed by atoms with van der Waals surface area (Å²) in [6.07, 6.45) is 0. The first kappa shape index (κ1) is 32.9. The molecule has 0 aliphatic carbocycles. The number of aromatic nitrogens is 3. The molecular formula is C56H33N3O. The predicted molar refractivity (Wildman–Crippen MR) is 249 cm³/mol. The van der Waals surface area contributed by atoms with Crippen LogP contribution in [0.3, 0.4) is 0 Å². The topological polar surface area (TPSA) is 43.9 Å². The van der Waals surface area contributed by atoms with E-state index in [1.165, 1.54) is 54.4 Å². The SMILES string of the molecule is c1ccc(-c2ccc(-c3nc(-c4ccc5c(c4)c4cc(-c6ccc7c(c6)c6cccc8oc9cccc7c9c86)ccc4n5-c4ccccc4)nc4ccccc34)cc2)cc1. The number of nitrogens with zero attached hydrogens (tertiary/aromatic N) is 3. The summed E-state index contributed by atoms with van der Waals surface area (Å²) in [4.78, 5) is 10.5. The summed E-state index contributed by atoms with van der Waals surface area (Å²) >= 11 is 0. The smallest absolute Gasteiger partial charge is 0.160 e. The molecule has 3 heterocycles. The molecular weight excluding hydrogens is 731 g/mol. The highest BCUT2D eigenvalue weighted by atomic mass is 16.3. The van der Waals surface area contributed by atoms with Crippen LogP contribution in [0.4, 0.5) is 0 Å². The summed E-state index contributed by atoms with van der Waals surface area (Å²) in [6, 6.07) is 71.4. The molecule has 0 spiro atoms. The Morgan fingerprint density at radius 2 is 0.867 bits per heavy atom. The van der Waals surface area contributed by atoms with E-state index in [1.54, 1.807) is 0 Å². The predicted octanol–water partition coefficient (Wildman–Crippen LogP) is 15.0. The van der Waals surface area contributed by atoms with Crippen molar-refractivity contribution in [3.8, 4) is 50.6 Å². The minimum absolute atomic E-state index is 0.701. The van der Waals surface area contributed by atoms with Gasteiger partial charge in [-0.3, -0.25) is 0 Å². The van der Waals surface area contributed by atoms with Gasteiger partial charge in [-0.2, -0.15) is 0 Å². The molecule has 0 amide bonds. The fourth-order valence-electron chi connectivity index (χ4n) is 9.57. The van der Waals surface area contributed by atoms with Crippen molar-refractivity contribution in [2.45, 2.75) is 0 Å². The van der Waals surface area contributed by atoms with Crippen molar-refractivity contribution in [1.82, 2.24) is 14.5 Å². The summed E-state index contributed by atoms with van der Waals surface area (Å²) in [7, 11) is 0. The Balaban J connectivity index is 0.998. The molecule has 10 aromatic carbocycles. The molecule has 278 valence electrons. The van der Waals surface area contributed by atoms with Gasteiger partial charge in [0, 0.05) is 43.7 Å². The summed E-state index contributed by atoms with van der Waals surface area (Å²) < 4.78 is 8.70. The third-order valence-corrected chi connectivity index (χ3v) is 12.4. The van der Waals surface area contributed by atoms with Gasteiger partial charge in [-0.05, 0) is 111 Å². The Labute approximate surface area is 344 Å². The lowest BCUT2D eigenvalue weighted by Gasteiger charge is -2.11. The van der Waals surface area contributed by atoms with Gasteiger partial charge in [0.2, 0.25) is 0 Å². The molecule has 0 aliphatic rings. The molecule has 0 fully saturated rings. The summed E-state index contributed by atoms with van der Waals surface area (Å²) in [5.41, 5.74) is 13.8. The number of hydrogen-bond acceptors (Lipinski definition) is 3. The van der Waals surface area contributed by atoms with Gasteiger partial charge in [-0.1, -0.05) is 133 Å². The van der Waals surface area contributed by atoms with Gasteiger partial charge < -0.3 is 8.98 Å². The minimum atomic E-state index is 0.701. The van der Waals surface area contributed by atoms with E-state index < -0.39 is 0 Å². The number of hydrogen-bond donors (Lipinski definition) is 0. The molecule has 0 radical (unpaired) electrons. The van der Waals surface area contributed by atoms with Crippen LogP contribution in [-0.2, 0) is 0 Å². The Bertz CT molecular complexity index is 3810. The van der Waals surface area contributed by atoms with E-state index in [-0.39, 0.29) is 0 Å². The van der Waals surface area contributed by atoms with Crippen LogP contribution in [0.5, 0.6) is 0 Å². The van der Waals surface area contributed by atoms with Gasteiger partial charge in [-0.15, -0.1) is 0 Å². The van der Waals surface area contributed by atoms with E-state index in [4.69, 9.17) is 14.4 Å². The lowest BCUT2D eigenvalue weighted by Crippen LogP contribution is -1.96. The first-order valence-electron chi connectivity index (χ1n) is 20.4. The van der Waals surface area contributed by atoms with Gasteiger partial charge in [0.25, 0.3) is 0 Å². The summed E-state index contributed by atoms with van der Waals surface area (Å²) in [5.74, 6) is 0.701. The second-order valence-corrected chi connectivity index (χ2v) is 15.7. The molecule has 0 atom stereocenters.